The largest absolute Gasteiger partial charge is 0.326 e. The summed E-state index contributed by atoms with van der Waals surface area (Å²) in [5, 5.41) is 5.65. The van der Waals surface area contributed by atoms with Crippen LogP contribution in [0.3, 0.4) is 0 Å². The molecule has 0 spiro atoms. The topological polar surface area (TPSA) is 78.5 Å². The number of benzene rings is 2. The van der Waals surface area contributed by atoms with Crippen LogP contribution < -0.4 is 15.5 Å². The van der Waals surface area contributed by atoms with Crippen LogP contribution in [0.4, 0.5) is 17.1 Å². The van der Waals surface area contributed by atoms with Gasteiger partial charge in [0.05, 0.1) is 5.92 Å². The first kappa shape index (κ1) is 18.6. The van der Waals surface area contributed by atoms with Gasteiger partial charge in [-0.2, -0.15) is 0 Å². The summed E-state index contributed by atoms with van der Waals surface area (Å²) in [4.78, 5) is 37.9. The molecule has 140 valence electrons. The van der Waals surface area contributed by atoms with E-state index in [1.54, 1.807) is 29.2 Å². The lowest BCUT2D eigenvalue weighted by Gasteiger charge is -2.18. The predicted octanol–water partition coefficient (Wildman–Crippen LogP) is 3.25. The van der Waals surface area contributed by atoms with Crippen LogP contribution in [0.25, 0.3) is 0 Å². The molecule has 1 aliphatic heterocycles. The number of carbonyl (C=O) groups excluding carboxylic acids is 3. The highest BCUT2D eigenvalue weighted by Gasteiger charge is 2.35. The molecule has 1 unspecified atom stereocenters. The van der Waals surface area contributed by atoms with Gasteiger partial charge in [0.15, 0.2) is 0 Å². The monoisotopic (exact) mass is 365 g/mol. The van der Waals surface area contributed by atoms with Crippen LogP contribution in [-0.4, -0.2) is 24.3 Å². The van der Waals surface area contributed by atoms with Crippen LogP contribution in [0.1, 0.15) is 24.5 Å². The number of amides is 3. The molecule has 1 saturated heterocycles. The molecule has 1 fully saturated rings. The standard InChI is InChI=1S/C21H23N3O3/c1-13-6-4-9-19(14(13)2)23-21(27)16-10-20(26)24(12-16)18-8-5-7-17(11-18)22-15(3)25/h4-9,11,16H,10,12H2,1-3H3,(H,22,25)(H,23,27). The molecule has 1 atom stereocenters. The molecular weight excluding hydrogens is 342 g/mol. The molecule has 2 aromatic carbocycles. The summed E-state index contributed by atoms with van der Waals surface area (Å²) >= 11 is 0. The van der Waals surface area contributed by atoms with Crippen molar-refractivity contribution in [2.75, 3.05) is 22.1 Å². The minimum atomic E-state index is -0.415. The first-order chi connectivity index (χ1) is 12.8. The van der Waals surface area contributed by atoms with Crippen LogP contribution in [0, 0.1) is 19.8 Å². The van der Waals surface area contributed by atoms with Crippen molar-refractivity contribution in [3.8, 4) is 0 Å². The highest BCUT2D eigenvalue weighted by atomic mass is 16.2. The Kier molecular flexibility index (Phi) is 5.26. The van der Waals surface area contributed by atoms with Crippen LogP contribution >= 0.6 is 0 Å². The molecule has 0 aliphatic carbocycles. The Bertz CT molecular complexity index is 907. The van der Waals surface area contributed by atoms with Gasteiger partial charge in [-0.3, -0.25) is 14.4 Å². The van der Waals surface area contributed by atoms with Crippen molar-refractivity contribution in [1.82, 2.24) is 0 Å². The highest BCUT2D eigenvalue weighted by Crippen LogP contribution is 2.28. The fraction of sp³-hybridized carbons (Fsp3) is 0.286. The maximum Gasteiger partial charge on any atom is 0.229 e. The number of carbonyl (C=O) groups is 3. The van der Waals surface area contributed by atoms with Gasteiger partial charge in [0.1, 0.15) is 0 Å². The molecule has 27 heavy (non-hydrogen) atoms. The van der Waals surface area contributed by atoms with E-state index in [0.717, 1.165) is 16.8 Å². The Balaban J connectivity index is 1.72. The van der Waals surface area contributed by atoms with Gasteiger partial charge in [0, 0.05) is 37.0 Å². The lowest BCUT2D eigenvalue weighted by Crippen LogP contribution is -2.28. The second kappa shape index (κ2) is 7.61. The van der Waals surface area contributed by atoms with Gasteiger partial charge in [0.25, 0.3) is 0 Å². The highest BCUT2D eigenvalue weighted by molar-refractivity contribution is 6.04. The number of anilines is 3. The average molecular weight is 365 g/mol. The molecular formula is C21H23N3O3. The maximum atomic E-state index is 12.7. The van der Waals surface area contributed by atoms with Crippen LogP contribution in [0.2, 0.25) is 0 Å². The van der Waals surface area contributed by atoms with E-state index in [-0.39, 0.29) is 24.1 Å². The van der Waals surface area contributed by atoms with Crippen LogP contribution in [0.5, 0.6) is 0 Å². The van der Waals surface area contributed by atoms with Crippen LogP contribution in [-0.2, 0) is 14.4 Å². The number of aryl methyl sites for hydroxylation is 1. The van der Waals surface area contributed by atoms with Crippen molar-refractivity contribution >= 4 is 34.8 Å². The van der Waals surface area contributed by atoms with Gasteiger partial charge < -0.3 is 15.5 Å². The Hall–Kier alpha value is -3.15. The maximum absolute atomic E-state index is 12.7. The normalized spacial score (nSPS) is 16.3. The van der Waals surface area contributed by atoms with E-state index in [1.165, 1.54) is 6.92 Å². The lowest BCUT2D eigenvalue weighted by atomic mass is 10.1. The van der Waals surface area contributed by atoms with Gasteiger partial charge in [-0.15, -0.1) is 0 Å². The summed E-state index contributed by atoms with van der Waals surface area (Å²) in [6, 6.07) is 12.8. The first-order valence-corrected chi connectivity index (χ1v) is 8.90. The predicted molar refractivity (Wildman–Crippen MR) is 106 cm³/mol. The van der Waals surface area contributed by atoms with Crippen molar-refractivity contribution < 1.29 is 14.4 Å². The van der Waals surface area contributed by atoms with E-state index < -0.39 is 5.92 Å². The number of hydrogen-bond donors (Lipinski definition) is 2. The zero-order chi connectivity index (χ0) is 19.6. The number of nitrogens with one attached hydrogen (secondary N) is 2. The SMILES string of the molecule is CC(=O)Nc1cccc(N2CC(C(=O)Nc3cccc(C)c3C)CC2=O)c1. The van der Waals surface area contributed by atoms with Gasteiger partial charge >= 0.3 is 0 Å². The smallest absolute Gasteiger partial charge is 0.229 e. The Morgan fingerprint density at radius 2 is 1.81 bits per heavy atom. The fourth-order valence-corrected chi connectivity index (χ4v) is 3.21. The third kappa shape index (κ3) is 4.16. The van der Waals surface area contributed by atoms with Gasteiger partial charge in [-0.1, -0.05) is 18.2 Å². The molecule has 6 nitrogen and oxygen atoms in total. The minimum Gasteiger partial charge on any atom is -0.326 e. The number of rotatable bonds is 4. The van der Waals surface area contributed by atoms with Gasteiger partial charge in [-0.05, 0) is 49.2 Å². The van der Waals surface area contributed by atoms with E-state index in [1.807, 2.05) is 32.0 Å². The molecule has 3 amide bonds. The summed E-state index contributed by atoms with van der Waals surface area (Å²) in [7, 11) is 0. The fourth-order valence-electron chi connectivity index (χ4n) is 3.21. The van der Waals surface area contributed by atoms with Gasteiger partial charge in [-0.25, -0.2) is 0 Å². The summed E-state index contributed by atoms with van der Waals surface area (Å²) < 4.78 is 0. The lowest BCUT2D eigenvalue weighted by molar-refractivity contribution is -0.122. The molecule has 0 bridgehead atoms. The molecule has 1 aliphatic rings. The van der Waals surface area contributed by atoms with Crippen molar-refractivity contribution in [2.45, 2.75) is 27.2 Å². The second-order valence-corrected chi connectivity index (χ2v) is 6.87. The second-order valence-electron chi connectivity index (χ2n) is 6.87. The molecule has 6 heteroatoms. The van der Waals surface area contributed by atoms with Crippen molar-refractivity contribution in [1.29, 1.82) is 0 Å². The van der Waals surface area contributed by atoms with E-state index >= 15 is 0 Å². The molecule has 1 heterocycles. The Labute approximate surface area is 158 Å². The number of hydrogen-bond acceptors (Lipinski definition) is 3. The zero-order valence-electron chi connectivity index (χ0n) is 15.7. The summed E-state index contributed by atoms with van der Waals surface area (Å²) in [6.45, 7) is 5.71. The molecule has 0 radical (unpaired) electrons. The Morgan fingerprint density at radius 3 is 2.56 bits per heavy atom. The third-order valence-electron chi connectivity index (χ3n) is 4.84. The molecule has 3 rings (SSSR count). The van der Waals surface area contributed by atoms with Gasteiger partial charge in [0.2, 0.25) is 17.7 Å². The van der Waals surface area contributed by atoms with Crippen molar-refractivity contribution in [3.05, 3.63) is 53.6 Å². The average Bonchev–Trinajstić information content (AvgIpc) is 3.00. The molecule has 0 aromatic heterocycles. The van der Waals surface area contributed by atoms with E-state index in [2.05, 4.69) is 10.6 Å². The van der Waals surface area contributed by atoms with Crippen molar-refractivity contribution in [2.24, 2.45) is 5.92 Å². The quantitative estimate of drug-likeness (QED) is 0.873. The Morgan fingerprint density at radius 1 is 1.07 bits per heavy atom. The van der Waals surface area contributed by atoms with E-state index in [0.29, 0.717) is 17.9 Å². The van der Waals surface area contributed by atoms with E-state index in [4.69, 9.17) is 0 Å². The minimum absolute atomic E-state index is 0.101. The van der Waals surface area contributed by atoms with Crippen molar-refractivity contribution in [3.63, 3.8) is 0 Å². The zero-order valence-corrected chi connectivity index (χ0v) is 15.7. The molecule has 0 saturated carbocycles. The summed E-state index contributed by atoms with van der Waals surface area (Å²) in [6.07, 6.45) is 0.168. The van der Waals surface area contributed by atoms with E-state index in [9.17, 15) is 14.4 Å². The third-order valence-corrected chi connectivity index (χ3v) is 4.84. The first-order valence-electron chi connectivity index (χ1n) is 8.90. The van der Waals surface area contributed by atoms with Crippen LogP contribution in [0.15, 0.2) is 42.5 Å². The summed E-state index contributed by atoms with van der Waals surface area (Å²) in [5.41, 5.74) is 4.20. The molecule has 2 aromatic rings. The summed E-state index contributed by atoms with van der Waals surface area (Å²) in [5.74, 6) is -0.846. The molecule has 2 N–H and O–H groups in total. The number of nitrogens with zero attached hydrogens (tertiary/aromatic N) is 1.